The van der Waals surface area contributed by atoms with Gasteiger partial charge in [0.15, 0.2) is 5.11 Å². The van der Waals surface area contributed by atoms with Crippen LogP contribution in [0.5, 0.6) is 0 Å². The predicted octanol–water partition coefficient (Wildman–Crippen LogP) is 0.802. The van der Waals surface area contributed by atoms with E-state index < -0.39 is 23.7 Å². The van der Waals surface area contributed by atoms with Crippen LogP contribution >= 0.6 is 12.2 Å². The molecule has 1 fully saturated rings. The number of nitrogens with zero attached hydrogens (tertiary/aromatic N) is 2. The monoisotopic (exact) mass is 430 g/mol. The van der Waals surface area contributed by atoms with Crippen LogP contribution in [0.2, 0.25) is 0 Å². The number of aliphatic carboxylic acids is 1. The molecule has 158 valence electrons. The molecule has 1 atom stereocenters. The Hall–Kier alpha value is -3.47. The number of aromatic nitrogens is 2. The molecular weight excluding hydrogens is 408 g/mol. The van der Waals surface area contributed by atoms with E-state index in [9.17, 15) is 14.4 Å². The number of fused-ring (bicyclic) bond motifs is 1. The first kappa shape index (κ1) is 21.2. The molecule has 1 aromatic heterocycles. The van der Waals surface area contributed by atoms with Crippen LogP contribution in [0.1, 0.15) is 13.3 Å². The zero-order chi connectivity index (χ0) is 21.7. The fraction of sp³-hybridized carbons (Fsp3) is 0.316. The zero-order valence-electron chi connectivity index (χ0n) is 16.3. The van der Waals surface area contributed by atoms with Crippen molar-refractivity contribution in [2.75, 3.05) is 25.0 Å². The Bertz CT molecular complexity index is 984. The van der Waals surface area contributed by atoms with E-state index in [-0.39, 0.29) is 18.2 Å². The van der Waals surface area contributed by atoms with Gasteiger partial charge >= 0.3 is 5.97 Å². The molecule has 1 aromatic carbocycles. The summed E-state index contributed by atoms with van der Waals surface area (Å²) in [6.45, 7) is 1.73. The van der Waals surface area contributed by atoms with Crippen LogP contribution in [0, 0.1) is 5.92 Å². The molecule has 10 nitrogen and oxygen atoms in total. The molecule has 0 spiro atoms. The van der Waals surface area contributed by atoms with E-state index in [1.165, 1.54) is 6.92 Å². The highest BCUT2D eigenvalue weighted by Gasteiger charge is 2.31. The Balaban J connectivity index is 1.48. The standard InChI is InChI=1S/C19H22N6O4S/c1-11(17(28)29)9-21-15(26)10-25-16(27)14(24-19(25)30)7-4-8-20-18-22-12-5-2-3-6-13(12)23-18/h2-3,5-7,11H,4,8-10H2,1H3,(H,21,26)(H,24,30)(H,28,29)(H2,20,22,23)/t11-/m0/s1. The Morgan fingerprint density at radius 3 is 2.87 bits per heavy atom. The lowest BCUT2D eigenvalue weighted by Crippen LogP contribution is -2.42. The summed E-state index contributed by atoms with van der Waals surface area (Å²) in [6, 6.07) is 7.68. The second-order valence-corrected chi connectivity index (χ2v) is 7.19. The summed E-state index contributed by atoms with van der Waals surface area (Å²) in [7, 11) is 0. The molecule has 3 rings (SSSR count). The van der Waals surface area contributed by atoms with E-state index in [1.807, 2.05) is 24.3 Å². The van der Waals surface area contributed by atoms with Crippen molar-refractivity contribution < 1.29 is 19.5 Å². The van der Waals surface area contributed by atoms with Gasteiger partial charge in [0.05, 0.1) is 17.0 Å². The normalized spacial score (nSPS) is 16.0. The van der Waals surface area contributed by atoms with E-state index in [1.54, 1.807) is 6.08 Å². The highest BCUT2D eigenvalue weighted by Crippen LogP contribution is 2.14. The number of H-pyrrole nitrogens is 1. The number of amides is 2. The van der Waals surface area contributed by atoms with Crippen molar-refractivity contribution in [1.82, 2.24) is 25.5 Å². The number of carbonyl (C=O) groups excluding carboxylic acids is 2. The predicted molar refractivity (Wildman–Crippen MR) is 115 cm³/mol. The molecular formula is C19H22N6O4S. The van der Waals surface area contributed by atoms with Gasteiger partial charge in [0.2, 0.25) is 11.9 Å². The van der Waals surface area contributed by atoms with E-state index in [0.717, 1.165) is 15.9 Å². The quantitative estimate of drug-likeness (QED) is 0.224. The fourth-order valence-corrected chi connectivity index (χ4v) is 3.01. The molecule has 0 radical (unpaired) electrons. The van der Waals surface area contributed by atoms with Gasteiger partial charge in [-0.05, 0) is 30.8 Å². The van der Waals surface area contributed by atoms with Gasteiger partial charge in [0, 0.05) is 13.1 Å². The van der Waals surface area contributed by atoms with Crippen molar-refractivity contribution in [3.05, 3.63) is 36.0 Å². The van der Waals surface area contributed by atoms with Gasteiger partial charge in [-0.15, -0.1) is 0 Å². The molecule has 0 unspecified atom stereocenters. The number of hydrogen-bond acceptors (Lipinski definition) is 6. The van der Waals surface area contributed by atoms with E-state index >= 15 is 0 Å². The van der Waals surface area contributed by atoms with E-state index in [2.05, 4.69) is 25.9 Å². The summed E-state index contributed by atoms with van der Waals surface area (Å²) >= 11 is 5.13. The lowest BCUT2D eigenvalue weighted by molar-refractivity contribution is -0.141. The summed E-state index contributed by atoms with van der Waals surface area (Å²) < 4.78 is 0. The molecule has 1 saturated heterocycles. The van der Waals surface area contributed by atoms with Crippen molar-refractivity contribution in [1.29, 1.82) is 0 Å². The highest BCUT2D eigenvalue weighted by molar-refractivity contribution is 7.80. The van der Waals surface area contributed by atoms with Crippen LogP contribution in [0.4, 0.5) is 5.95 Å². The van der Waals surface area contributed by atoms with E-state index in [0.29, 0.717) is 24.6 Å². The summed E-state index contributed by atoms with van der Waals surface area (Å²) in [5.74, 6) is -1.96. The Morgan fingerprint density at radius 1 is 1.37 bits per heavy atom. The maximum absolute atomic E-state index is 12.5. The molecule has 1 aliphatic rings. The molecule has 2 aromatic rings. The Kier molecular flexibility index (Phi) is 6.62. The lowest BCUT2D eigenvalue weighted by Gasteiger charge is -2.14. The maximum Gasteiger partial charge on any atom is 0.308 e. The van der Waals surface area contributed by atoms with Crippen LogP contribution < -0.4 is 16.0 Å². The van der Waals surface area contributed by atoms with Crippen LogP contribution in [-0.4, -0.2) is 62.5 Å². The van der Waals surface area contributed by atoms with Gasteiger partial charge in [-0.25, -0.2) is 4.98 Å². The van der Waals surface area contributed by atoms with Crippen molar-refractivity contribution >= 4 is 52.1 Å². The topological polar surface area (TPSA) is 139 Å². The van der Waals surface area contributed by atoms with Crippen molar-refractivity contribution in [2.24, 2.45) is 5.92 Å². The summed E-state index contributed by atoms with van der Waals surface area (Å²) in [6.07, 6.45) is 2.23. The summed E-state index contributed by atoms with van der Waals surface area (Å²) in [5.41, 5.74) is 2.10. The fourth-order valence-electron chi connectivity index (χ4n) is 2.75. The SMILES string of the molecule is C[C@@H](CNC(=O)CN1C(=O)C(=CCCNc2nc3ccccc3[nH]2)NC1=S)C(=O)O. The number of carbonyl (C=O) groups is 3. The minimum atomic E-state index is -1.01. The van der Waals surface area contributed by atoms with Gasteiger partial charge in [0.1, 0.15) is 12.2 Å². The van der Waals surface area contributed by atoms with Crippen LogP contribution in [0.15, 0.2) is 36.0 Å². The van der Waals surface area contributed by atoms with Crippen LogP contribution in [0.25, 0.3) is 11.0 Å². The number of nitrogens with one attached hydrogen (secondary N) is 4. The van der Waals surface area contributed by atoms with Crippen molar-refractivity contribution in [3.63, 3.8) is 0 Å². The molecule has 2 amide bonds. The van der Waals surface area contributed by atoms with Gasteiger partial charge in [0.25, 0.3) is 5.91 Å². The molecule has 5 N–H and O–H groups in total. The number of para-hydroxylation sites is 2. The smallest absolute Gasteiger partial charge is 0.308 e. The van der Waals surface area contributed by atoms with Gasteiger partial charge in [-0.1, -0.05) is 25.1 Å². The first-order chi connectivity index (χ1) is 14.3. The minimum Gasteiger partial charge on any atom is -0.481 e. The third kappa shape index (κ3) is 5.11. The number of imidazole rings is 1. The molecule has 1 aliphatic heterocycles. The number of rotatable bonds is 9. The summed E-state index contributed by atoms with van der Waals surface area (Å²) in [4.78, 5) is 44.0. The lowest BCUT2D eigenvalue weighted by atomic mass is 10.2. The third-order valence-corrected chi connectivity index (χ3v) is 4.79. The molecule has 2 heterocycles. The molecule has 0 saturated carbocycles. The molecule has 11 heteroatoms. The average Bonchev–Trinajstić information content (AvgIpc) is 3.24. The molecule has 0 bridgehead atoms. The second kappa shape index (κ2) is 9.35. The van der Waals surface area contributed by atoms with Gasteiger partial charge < -0.3 is 26.0 Å². The number of thiocarbonyl (C=S) groups is 1. The first-order valence-corrected chi connectivity index (χ1v) is 9.77. The number of carboxylic acids is 1. The Morgan fingerprint density at radius 2 is 2.13 bits per heavy atom. The molecule has 30 heavy (non-hydrogen) atoms. The third-order valence-electron chi connectivity index (χ3n) is 4.47. The van der Waals surface area contributed by atoms with Crippen LogP contribution in [-0.2, 0) is 14.4 Å². The minimum absolute atomic E-state index is 0.0213. The molecule has 0 aliphatic carbocycles. The summed E-state index contributed by atoms with van der Waals surface area (Å²) in [5, 5.41) is 17.4. The van der Waals surface area contributed by atoms with Gasteiger partial charge in [-0.3, -0.25) is 19.3 Å². The number of benzene rings is 1. The zero-order valence-corrected chi connectivity index (χ0v) is 17.1. The van der Waals surface area contributed by atoms with Crippen molar-refractivity contribution in [2.45, 2.75) is 13.3 Å². The van der Waals surface area contributed by atoms with Gasteiger partial charge in [-0.2, -0.15) is 0 Å². The largest absolute Gasteiger partial charge is 0.481 e. The second-order valence-electron chi connectivity index (χ2n) is 6.80. The van der Waals surface area contributed by atoms with E-state index in [4.69, 9.17) is 17.3 Å². The van der Waals surface area contributed by atoms with Crippen molar-refractivity contribution in [3.8, 4) is 0 Å². The number of aromatic amines is 1. The average molecular weight is 430 g/mol. The maximum atomic E-state index is 12.5. The number of anilines is 1. The number of hydrogen-bond donors (Lipinski definition) is 5. The Labute approximate surface area is 177 Å². The first-order valence-electron chi connectivity index (χ1n) is 9.36. The van der Waals surface area contributed by atoms with Crippen LogP contribution in [0.3, 0.4) is 0 Å². The number of carboxylic acid groups (broad SMARTS) is 1. The highest BCUT2D eigenvalue weighted by atomic mass is 32.1.